The molecule has 5 nitrogen and oxygen atoms in total. The predicted molar refractivity (Wildman–Crippen MR) is 58.7 cm³/mol. The van der Waals surface area contributed by atoms with Gasteiger partial charge in [0.05, 0.1) is 0 Å². The minimum Gasteiger partial charge on any atom is -0.444 e. The Bertz CT molecular complexity index is 225. The van der Waals surface area contributed by atoms with Crippen LogP contribution in [0.5, 0.6) is 0 Å². The van der Waals surface area contributed by atoms with Crippen LogP contribution in [0.4, 0.5) is 4.79 Å². The maximum Gasteiger partial charge on any atom is 0.410 e. The lowest BCUT2D eigenvalue weighted by Crippen LogP contribution is -2.55. The molecule has 5 heteroatoms. The number of carbonyl (C=O) groups excluding carboxylic acids is 1. The van der Waals surface area contributed by atoms with E-state index in [1.54, 1.807) is 4.90 Å². The van der Waals surface area contributed by atoms with Crippen LogP contribution in [0.15, 0.2) is 0 Å². The fraction of sp³-hybridized carbons (Fsp3) is 0.900. The van der Waals surface area contributed by atoms with E-state index in [4.69, 9.17) is 10.5 Å². The highest BCUT2D eigenvalue weighted by Crippen LogP contribution is 2.11. The Labute approximate surface area is 90.9 Å². The lowest BCUT2D eigenvalue weighted by atomic mass is 10.2. The standard InChI is InChI=1S/C10H21N3O2/c1-10(2,3)15-9(14)13-5-4-12-8(6-11)7-13/h8,12H,4-7,11H2,1-3H3/t8-/m0/s1. The number of piperazine rings is 1. The van der Waals surface area contributed by atoms with E-state index in [2.05, 4.69) is 5.32 Å². The summed E-state index contributed by atoms with van der Waals surface area (Å²) in [7, 11) is 0. The van der Waals surface area contributed by atoms with E-state index in [0.717, 1.165) is 6.54 Å². The first-order valence-electron chi connectivity index (χ1n) is 5.34. The SMILES string of the molecule is CC(C)(C)OC(=O)N1CCN[C@@H](CN)C1. The summed E-state index contributed by atoms with van der Waals surface area (Å²) in [6.45, 7) is 8.24. The first-order chi connectivity index (χ1) is 6.92. The highest BCUT2D eigenvalue weighted by Gasteiger charge is 2.26. The lowest BCUT2D eigenvalue weighted by molar-refractivity contribution is 0.0198. The smallest absolute Gasteiger partial charge is 0.410 e. The van der Waals surface area contributed by atoms with E-state index in [9.17, 15) is 4.79 Å². The van der Waals surface area contributed by atoms with Gasteiger partial charge in [-0.15, -0.1) is 0 Å². The molecule has 0 aromatic carbocycles. The van der Waals surface area contributed by atoms with E-state index in [0.29, 0.717) is 19.6 Å². The molecule has 0 spiro atoms. The van der Waals surface area contributed by atoms with Gasteiger partial charge < -0.3 is 20.7 Å². The zero-order valence-electron chi connectivity index (χ0n) is 9.75. The Balaban J connectivity index is 2.45. The van der Waals surface area contributed by atoms with Crippen LogP contribution >= 0.6 is 0 Å². The van der Waals surface area contributed by atoms with E-state index in [-0.39, 0.29) is 12.1 Å². The van der Waals surface area contributed by atoms with Crippen molar-refractivity contribution in [3.63, 3.8) is 0 Å². The van der Waals surface area contributed by atoms with E-state index < -0.39 is 5.60 Å². The zero-order valence-corrected chi connectivity index (χ0v) is 9.75. The molecule has 0 radical (unpaired) electrons. The van der Waals surface area contributed by atoms with Crippen LogP contribution in [-0.2, 0) is 4.74 Å². The van der Waals surface area contributed by atoms with E-state index >= 15 is 0 Å². The average Bonchev–Trinajstić information content (AvgIpc) is 2.15. The molecule has 0 bridgehead atoms. The average molecular weight is 215 g/mol. The maximum absolute atomic E-state index is 11.7. The van der Waals surface area contributed by atoms with Crippen LogP contribution in [0, 0.1) is 0 Å². The van der Waals surface area contributed by atoms with Crippen LogP contribution in [0.3, 0.4) is 0 Å². The maximum atomic E-state index is 11.7. The Morgan fingerprint density at radius 1 is 1.60 bits per heavy atom. The van der Waals surface area contributed by atoms with Gasteiger partial charge >= 0.3 is 6.09 Å². The number of carbonyl (C=O) groups is 1. The summed E-state index contributed by atoms with van der Waals surface area (Å²) < 4.78 is 5.29. The molecule has 0 saturated carbocycles. The van der Waals surface area contributed by atoms with Gasteiger partial charge in [0.25, 0.3) is 0 Å². The van der Waals surface area contributed by atoms with Crippen molar-refractivity contribution in [2.24, 2.45) is 5.73 Å². The lowest BCUT2D eigenvalue weighted by Gasteiger charge is -2.34. The van der Waals surface area contributed by atoms with Crippen molar-refractivity contribution in [1.82, 2.24) is 10.2 Å². The predicted octanol–water partition coefficient (Wildman–Crippen LogP) is 0.154. The van der Waals surface area contributed by atoms with Crippen LogP contribution in [0.2, 0.25) is 0 Å². The number of rotatable bonds is 1. The number of nitrogens with zero attached hydrogens (tertiary/aromatic N) is 1. The topological polar surface area (TPSA) is 67.6 Å². The third kappa shape index (κ3) is 4.05. The molecule has 1 aliphatic rings. The zero-order chi connectivity index (χ0) is 11.5. The molecule has 1 aliphatic heterocycles. The summed E-state index contributed by atoms with van der Waals surface area (Å²) in [5.74, 6) is 0. The molecule has 1 rings (SSSR count). The molecule has 1 atom stereocenters. The molecule has 1 saturated heterocycles. The number of nitrogens with two attached hydrogens (primary N) is 1. The number of amides is 1. The largest absolute Gasteiger partial charge is 0.444 e. The summed E-state index contributed by atoms with van der Waals surface area (Å²) in [6.07, 6.45) is -0.248. The van der Waals surface area contributed by atoms with E-state index in [1.165, 1.54) is 0 Å². The van der Waals surface area contributed by atoms with Gasteiger partial charge in [-0.3, -0.25) is 0 Å². The summed E-state index contributed by atoms with van der Waals surface area (Å²) in [5, 5.41) is 3.24. The normalized spacial score (nSPS) is 22.7. The molecule has 0 aliphatic carbocycles. The van der Waals surface area contributed by atoms with Crippen molar-refractivity contribution in [2.45, 2.75) is 32.4 Å². The highest BCUT2D eigenvalue weighted by molar-refractivity contribution is 5.68. The molecule has 3 N–H and O–H groups in total. The van der Waals surface area contributed by atoms with Crippen LogP contribution in [0.25, 0.3) is 0 Å². The second-order valence-electron chi connectivity index (χ2n) is 4.81. The number of nitrogens with one attached hydrogen (secondary N) is 1. The van der Waals surface area contributed by atoms with Gasteiger partial charge in [0, 0.05) is 32.2 Å². The summed E-state index contributed by atoms with van der Waals surface area (Å²) in [6, 6.07) is 0.186. The van der Waals surface area contributed by atoms with Gasteiger partial charge in [-0.05, 0) is 20.8 Å². The van der Waals surface area contributed by atoms with Crippen molar-refractivity contribution in [3.05, 3.63) is 0 Å². The quantitative estimate of drug-likeness (QED) is 0.653. The van der Waals surface area contributed by atoms with Gasteiger partial charge in [-0.25, -0.2) is 4.79 Å². The molecular weight excluding hydrogens is 194 g/mol. The minimum absolute atomic E-state index is 0.186. The fourth-order valence-corrected chi connectivity index (χ4v) is 1.48. The second kappa shape index (κ2) is 4.81. The van der Waals surface area contributed by atoms with Gasteiger partial charge in [0.1, 0.15) is 5.60 Å². The Kier molecular flexibility index (Phi) is 3.93. The molecule has 15 heavy (non-hydrogen) atoms. The molecule has 88 valence electrons. The van der Waals surface area contributed by atoms with Gasteiger partial charge in [0.2, 0.25) is 0 Å². The highest BCUT2D eigenvalue weighted by atomic mass is 16.6. The Hall–Kier alpha value is -0.810. The molecular formula is C10H21N3O2. The van der Waals surface area contributed by atoms with Crippen molar-refractivity contribution in [2.75, 3.05) is 26.2 Å². The van der Waals surface area contributed by atoms with Crippen molar-refractivity contribution in [3.8, 4) is 0 Å². The molecule has 1 heterocycles. The Morgan fingerprint density at radius 3 is 2.80 bits per heavy atom. The van der Waals surface area contributed by atoms with Crippen molar-refractivity contribution in [1.29, 1.82) is 0 Å². The van der Waals surface area contributed by atoms with Crippen molar-refractivity contribution >= 4 is 6.09 Å². The summed E-state index contributed by atoms with van der Waals surface area (Å²) >= 11 is 0. The van der Waals surface area contributed by atoms with Crippen LogP contribution < -0.4 is 11.1 Å². The van der Waals surface area contributed by atoms with E-state index in [1.807, 2.05) is 20.8 Å². The monoisotopic (exact) mass is 215 g/mol. The molecule has 1 fully saturated rings. The molecule has 0 aromatic rings. The summed E-state index contributed by atoms with van der Waals surface area (Å²) in [4.78, 5) is 13.4. The molecule has 0 aromatic heterocycles. The molecule has 0 unspecified atom stereocenters. The van der Waals surface area contributed by atoms with Crippen molar-refractivity contribution < 1.29 is 9.53 Å². The number of hydrogen-bond acceptors (Lipinski definition) is 4. The summed E-state index contributed by atoms with van der Waals surface area (Å²) in [5.41, 5.74) is 5.12. The van der Waals surface area contributed by atoms with Gasteiger partial charge in [-0.2, -0.15) is 0 Å². The van der Waals surface area contributed by atoms with Gasteiger partial charge in [0.15, 0.2) is 0 Å². The van der Waals surface area contributed by atoms with Gasteiger partial charge in [-0.1, -0.05) is 0 Å². The third-order valence-corrected chi connectivity index (χ3v) is 2.19. The minimum atomic E-state index is -0.430. The Morgan fingerprint density at radius 2 is 2.27 bits per heavy atom. The first kappa shape index (κ1) is 12.3. The second-order valence-corrected chi connectivity index (χ2v) is 4.81. The fourth-order valence-electron chi connectivity index (χ4n) is 1.48. The molecule has 1 amide bonds. The van der Waals surface area contributed by atoms with Crippen LogP contribution in [0.1, 0.15) is 20.8 Å². The number of ether oxygens (including phenoxy) is 1. The first-order valence-corrected chi connectivity index (χ1v) is 5.34. The number of hydrogen-bond donors (Lipinski definition) is 2. The van der Waals surface area contributed by atoms with Crippen LogP contribution in [-0.4, -0.2) is 48.8 Å². The third-order valence-electron chi connectivity index (χ3n) is 2.19.